The average Bonchev–Trinajstić information content (AvgIpc) is 3.29. The van der Waals surface area contributed by atoms with Crippen molar-refractivity contribution in [1.82, 2.24) is 19.5 Å². The summed E-state index contributed by atoms with van der Waals surface area (Å²) in [5.74, 6) is 0.724. The number of halogens is 1. The zero-order valence-corrected chi connectivity index (χ0v) is 15.6. The summed E-state index contributed by atoms with van der Waals surface area (Å²) in [6.07, 6.45) is 3.67. The van der Waals surface area contributed by atoms with Crippen molar-refractivity contribution in [2.24, 2.45) is 0 Å². The molecule has 5 rings (SSSR count). The van der Waals surface area contributed by atoms with Gasteiger partial charge in [0.1, 0.15) is 5.65 Å². The highest BCUT2D eigenvalue weighted by Gasteiger charge is 2.06. The van der Waals surface area contributed by atoms with Crippen molar-refractivity contribution in [1.29, 1.82) is 0 Å². The number of hydrogen-bond donors (Lipinski definition) is 3. The van der Waals surface area contributed by atoms with Crippen LogP contribution in [0.15, 0.2) is 67.0 Å². The van der Waals surface area contributed by atoms with Gasteiger partial charge in [-0.25, -0.2) is 9.97 Å². The SMILES string of the molecule is Nc1ccc2nc(NCc3ccc(-n4ccc5cc(Cl)cnc54)cc3)[nH]c2c1. The molecule has 0 aliphatic rings. The number of nitrogens with one attached hydrogen (secondary N) is 2. The van der Waals surface area contributed by atoms with Crippen LogP contribution in [0, 0.1) is 0 Å². The Kier molecular flexibility index (Phi) is 3.91. The fourth-order valence-electron chi connectivity index (χ4n) is 3.28. The molecule has 2 aromatic carbocycles. The maximum absolute atomic E-state index is 6.02. The molecule has 3 aromatic heterocycles. The molecule has 0 atom stereocenters. The van der Waals surface area contributed by atoms with Crippen LogP contribution in [0.3, 0.4) is 0 Å². The van der Waals surface area contributed by atoms with E-state index in [1.54, 1.807) is 6.20 Å². The third kappa shape index (κ3) is 3.04. The summed E-state index contributed by atoms with van der Waals surface area (Å²) in [6, 6.07) is 17.9. The highest BCUT2D eigenvalue weighted by Crippen LogP contribution is 2.22. The molecule has 0 fully saturated rings. The van der Waals surface area contributed by atoms with Gasteiger partial charge in [-0.1, -0.05) is 23.7 Å². The predicted octanol–water partition coefficient (Wildman–Crippen LogP) is 4.75. The Morgan fingerprint density at radius 1 is 1.07 bits per heavy atom. The number of hydrogen-bond acceptors (Lipinski definition) is 4. The molecule has 0 aliphatic carbocycles. The largest absolute Gasteiger partial charge is 0.399 e. The van der Waals surface area contributed by atoms with Crippen LogP contribution in [0.25, 0.3) is 27.8 Å². The number of H-pyrrole nitrogens is 1. The summed E-state index contributed by atoms with van der Waals surface area (Å²) in [4.78, 5) is 12.2. The van der Waals surface area contributed by atoms with Gasteiger partial charge in [0.25, 0.3) is 0 Å². The Balaban J connectivity index is 1.34. The van der Waals surface area contributed by atoms with Crippen molar-refractivity contribution >= 4 is 45.3 Å². The van der Waals surface area contributed by atoms with E-state index < -0.39 is 0 Å². The minimum Gasteiger partial charge on any atom is -0.399 e. The van der Waals surface area contributed by atoms with Crippen molar-refractivity contribution in [2.45, 2.75) is 6.54 Å². The van der Waals surface area contributed by atoms with Crippen molar-refractivity contribution in [3.8, 4) is 5.69 Å². The number of anilines is 2. The van der Waals surface area contributed by atoms with E-state index in [1.165, 1.54) is 0 Å². The lowest BCUT2D eigenvalue weighted by Gasteiger charge is -2.07. The first kappa shape index (κ1) is 16.6. The van der Waals surface area contributed by atoms with E-state index in [-0.39, 0.29) is 0 Å². The fraction of sp³-hybridized carbons (Fsp3) is 0.0476. The highest BCUT2D eigenvalue weighted by atomic mass is 35.5. The molecule has 0 bridgehead atoms. The molecule has 7 heteroatoms. The summed E-state index contributed by atoms with van der Waals surface area (Å²) in [6.45, 7) is 0.663. The van der Waals surface area contributed by atoms with Gasteiger partial charge >= 0.3 is 0 Å². The molecule has 138 valence electrons. The lowest BCUT2D eigenvalue weighted by molar-refractivity contribution is 1.07. The minimum atomic E-state index is 0.639. The molecule has 0 radical (unpaired) electrons. The number of fused-ring (bicyclic) bond motifs is 2. The summed E-state index contributed by atoms with van der Waals surface area (Å²) >= 11 is 6.02. The molecule has 6 nitrogen and oxygen atoms in total. The molecule has 0 spiro atoms. The Labute approximate surface area is 166 Å². The van der Waals surface area contributed by atoms with E-state index >= 15 is 0 Å². The number of pyridine rings is 1. The van der Waals surface area contributed by atoms with Crippen molar-refractivity contribution < 1.29 is 0 Å². The van der Waals surface area contributed by atoms with Crippen LogP contribution < -0.4 is 11.1 Å². The monoisotopic (exact) mass is 388 g/mol. The minimum absolute atomic E-state index is 0.639. The van der Waals surface area contributed by atoms with Crippen LogP contribution in [0.1, 0.15) is 5.56 Å². The van der Waals surface area contributed by atoms with Gasteiger partial charge < -0.3 is 20.6 Å². The normalized spacial score (nSPS) is 11.3. The number of aromatic amines is 1. The van der Waals surface area contributed by atoms with Gasteiger partial charge in [-0.3, -0.25) is 0 Å². The van der Waals surface area contributed by atoms with Gasteiger partial charge in [-0.15, -0.1) is 0 Å². The van der Waals surface area contributed by atoms with E-state index in [0.717, 1.165) is 39.3 Å². The van der Waals surface area contributed by atoms with Crippen molar-refractivity contribution in [3.05, 3.63) is 77.6 Å². The second-order valence-corrected chi connectivity index (χ2v) is 7.07. The van der Waals surface area contributed by atoms with E-state index in [4.69, 9.17) is 17.3 Å². The topological polar surface area (TPSA) is 84.5 Å². The second kappa shape index (κ2) is 6.58. The van der Waals surface area contributed by atoms with Gasteiger partial charge in [0.2, 0.25) is 5.95 Å². The number of benzene rings is 2. The standard InChI is InChI=1S/C21H17ClN6/c22-15-9-14-7-8-28(20(14)24-12-15)17-4-1-13(2-5-17)11-25-21-26-18-6-3-16(23)10-19(18)27-21/h1-10,12H,11,23H2,(H2,25,26,27). The quantitative estimate of drug-likeness (QED) is 0.388. The highest BCUT2D eigenvalue weighted by molar-refractivity contribution is 6.31. The van der Waals surface area contributed by atoms with Crippen LogP contribution in [0.2, 0.25) is 5.02 Å². The van der Waals surface area contributed by atoms with Crippen molar-refractivity contribution in [2.75, 3.05) is 11.1 Å². The van der Waals surface area contributed by atoms with Gasteiger partial charge in [0, 0.05) is 35.7 Å². The van der Waals surface area contributed by atoms with Crippen LogP contribution in [-0.4, -0.2) is 19.5 Å². The second-order valence-electron chi connectivity index (χ2n) is 6.63. The maximum Gasteiger partial charge on any atom is 0.201 e. The molecule has 0 unspecified atom stereocenters. The molecule has 28 heavy (non-hydrogen) atoms. The van der Waals surface area contributed by atoms with Gasteiger partial charge in [0.15, 0.2) is 0 Å². The van der Waals surface area contributed by atoms with Gasteiger partial charge in [0.05, 0.1) is 16.1 Å². The summed E-state index contributed by atoms with van der Waals surface area (Å²) < 4.78 is 2.05. The first-order chi connectivity index (χ1) is 13.7. The van der Waals surface area contributed by atoms with E-state index in [1.807, 2.05) is 41.1 Å². The fourth-order valence-corrected chi connectivity index (χ4v) is 3.44. The molecule has 0 amide bonds. The molecule has 4 N–H and O–H groups in total. The van der Waals surface area contributed by atoms with E-state index in [2.05, 4.69) is 44.5 Å². The lowest BCUT2D eigenvalue weighted by Crippen LogP contribution is -2.01. The average molecular weight is 389 g/mol. The van der Waals surface area contributed by atoms with Crippen molar-refractivity contribution in [3.63, 3.8) is 0 Å². The van der Waals surface area contributed by atoms with Crippen LogP contribution in [-0.2, 0) is 6.54 Å². The van der Waals surface area contributed by atoms with Crippen LogP contribution in [0.5, 0.6) is 0 Å². The molecule has 0 aliphatic heterocycles. The molecule has 3 heterocycles. The maximum atomic E-state index is 6.02. The van der Waals surface area contributed by atoms with Gasteiger partial charge in [-0.05, 0) is 48.0 Å². The lowest BCUT2D eigenvalue weighted by atomic mass is 10.2. The Morgan fingerprint density at radius 2 is 1.93 bits per heavy atom. The van der Waals surface area contributed by atoms with E-state index in [9.17, 15) is 0 Å². The number of nitrogens with two attached hydrogens (primary N) is 1. The number of nitrogen functional groups attached to an aromatic ring is 1. The van der Waals surface area contributed by atoms with E-state index in [0.29, 0.717) is 17.3 Å². The molecular formula is C21H17ClN6. The molecule has 0 saturated heterocycles. The Hall–Kier alpha value is -3.51. The number of rotatable bonds is 4. The first-order valence-electron chi connectivity index (χ1n) is 8.87. The molecular weight excluding hydrogens is 372 g/mol. The first-order valence-corrected chi connectivity index (χ1v) is 9.24. The predicted molar refractivity (Wildman–Crippen MR) is 114 cm³/mol. The zero-order chi connectivity index (χ0) is 19.1. The third-order valence-electron chi connectivity index (χ3n) is 4.67. The smallest absolute Gasteiger partial charge is 0.201 e. The number of imidazole rings is 1. The number of aromatic nitrogens is 4. The van der Waals surface area contributed by atoms with Crippen LogP contribution >= 0.6 is 11.6 Å². The summed E-state index contributed by atoms with van der Waals surface area (Å²) in [7, 11) is 0. The van der Waals surface area contributed by atoms with Gasteiger partial charge in [-0.2, -0.15) is 0 Å². The molecule has 5 aromatic rings. The zero-order valence-electron chi connectivity index (χ0n) is 14.9. The summed E-state index contributed by atoms with van der Waals surface area (Å²) in [5.41, 5.74) is 11.4. The van der Waals surface area contributed by atoms with Crippen LogP contribution in [0.4, 0.5) is 11.6 Å². The third-order valence-corrected chi connectivity index (χ3v) is 4.88. The number of nitrogens with zero attached hydrogens (tertiary/aromatic N) is 3. The summed E-state index contributed by atoms with van der Waals surface area (Å²) in [5, 5.41) is 4.97. The molecule has 0 saturated carbocycles. The Bertz CT molecular complexity index is 1290. The Morgan fingerprint density at radius 3 is 2.79 bits per heavy atom.